The molecular weight excluding hydrogens is 220 g/mol. The molecule has 12 heavy (non-hydrogen) atoms. The summed E-state index contributed by atoms with van der Waals surface area (Å²) in [5.74, 6) is 0. The van der Waals surface area contributed by atoms with E-state index in [9.17, 15) is 0 Å². The van der Waals surface area contributed by atoms with Gasteiger partial charge in [-0.15, -0.1) is 0 Å². The fourth-order valence-corrected chi connectivity index (χ4v) is 1.76. The number of aliphatic hydroxyl groups is 1. The van der Waals surface area contributed by atoms with Crippen LogP contribution in [0.5, 0.6) is 0 Å². The molecule has 1 heterocycles. The normalized spacial score (nSPS) is 17.8. The van der Waals surface area contributed by atoms with Crippen LogP contribution in [0.2, 0.25) is 0 Å². The lowest BCUT2D eigenvalue weighted by molar-refractivity contribution is 0.277. The molecule has 1 aliphatic carbocycles. The molecule has 0 amide bonds. The van der Waals surface area contributed by atoms with Crippen molar-refractivity contribution in [2.45, 2.75) is 31.9 Å². The topological polar surface area (TPSA) is 38.0 Å². The van der Waals surface area contributed by atoms with E-state index in [0.29, 0.717) is 6.04 Å². The van der Waals surface area contributed by atoms with Crippen LogP contribution in [0.25, 0.3) is 0 Å². The zero-order valence-corrected chi connectivity index (χ0v) is 8.29. The van der Waals surface area contributed by atoms with Crippen LogP contribution in [0, 0.1) is 0 Å². The van der Waals surface area contributed by atoms with Gasteiger partial charge in [-0.05, 0) is 35.2 Å². The van der Waals surface area contributed by atoms with E-state index < -0.39 is 0 Å². The second-order valence-electron chi connectivity index (χ2n) is 3.17. The molecule has 1 aromatic rings. The van der Waals surface area contributed by atoms with E-state index in [1.165, 1.54) is 19.3 Å². The van der Waals surface area contributed by atoms with Gasteiger partial charge in [-0.25, -0.2) is 0 Å². The molecule has 0 saturated heterocycles. The van der Waals surface area contributed by atoms with Crippen LogP contribution in [0.3, 0.4) is 0 Å². The van der Waals surface area contributed by atoms with E-state index in [2.05, 4.69) is 21.0 Å². The summed E-state index contributed by atoms with van der Waals surface area (Å²) in [6, 6.07) is 0.571. The Morgan fingerprint density at radius 2 is 2.42 bits per heavy atom. The minimum Gasteiger partial charge on any atom is -0.392 e. The first-order chi connectivity index (χ1) is 5.81. The summed E-state index contributed by atoms with van der Waals surface area (Å²) in [6.07, 6.45) is 5.67. The van der Waals surface area contributed by atoms with Crippen molar-refractivity contribution in [2.75, 3.05) is 0 Å². The van der Waals surface area contributed by atoms with Gasteiger partial charge in [0.2, 0.25) is 0 Å². The molecule has 2 rings (SSSR count). The predicted molar refractivity (Wildman–Crippen MR) is 48.7 cm³/mol. The smallest absolute Gasteiger partial charge is 0.133 e. The van der Waals surface area contributed by atoms with E-state index in [4.69, 9.17) is 5.11 Å². The lowest BCUT2D eigenvalue weighted by Gasteiger charge is -2.25. The van der Waals surface area contributed by atoms with Gasteiger partial charge in [0.1, 0.15) is 4.60 Å². The van der Waals surface area contributed by atoms with Crippen molar-refractivity contribution < 1.29 is 5.11 Å². The summed E-state index contributed by atoms with van der Waals surface area (Å²) in [5.41, 5.74) is 0.877. The van der Waals surface area contributed by atoms with Crippen LogP contribution in [0.4, 0.5) is 0 Å². The van der Waals surface area contributed by atoms with Crippen molar-refractivity contribution in [2.24, 2.45) is 0 Å². The number of hydrogen-bond donors (Lipinski definition) is 1. The summed E-state index contributed by atoms with van der Waals surface area (Å²) in [5, 5.41) is 13.2. The van der Waals surface area contributed by atoms with Crippen molar-refractivity contribution in [1.29, 1.82) is 0 Å². The van der Waals surface area contributed by atoms with Gasteiger partial charge in [0.05, 0.1) is 12.6 Å². The maximum atomic E-state index is 8.92. The Hall–Kier alpha value is -0.350. The van der Waals surface area contributed by atoms with E-state index >= 15 is 0 Å². The van der Waals surface area contributed by atoms with Gasteiger partial charge in [0, 0.05) is 11.8 Å². The molecule has 1 N–H and O–H groups in total. The first-order valence-electron chi connectivity index (χ1n) is 4.15. The summed E-state index contributed by atoms with van der Waals surface area (Å²) in [7, 11) is 0. The molecule has 0 bridgehead atoms. The maximum absolute atomic E-state index is 8.92. The molecule has 0 aliphatic heterocycles. The molecule has 1 saturated carbocycles. The molecule has 1 aromatic heterocycles. The summed E-state index contributed by atoms with van der Waals surface area (Å²) >= 11 is 3.31. The van der Waals surface area contributed by atoms with Crippen LogP contribution in [0.1, 0.15) is 30.9 Å². The van der Waals surface area contributed by atoms with Crippen molar-refractivity contribution in [3.8, 4) is 0 Å². The van der Waals surface area contributed by atoms with Gasteiger partial charge in [0.25, 0.3) is 0 Å². The number of rotatable bonds is 2. The summed E-state index contributed by atoms with van der Waals surface area (Å²) < 4.78 is 2.73. The highest BCUT2D eigenvalue weighted by molar-refractivity contribution is 9.10. The zero-order chi connectivity index (χ0) is 8.55. The van der Waals surface area contributed by atoms with Crippen LogP contribution in [-0.4, -0.2) is 14.9 Å². The lowest BCUT2D eigenvalue weighted by atomic mass is 9.93. The highest BCUT2D eigenvalue weighted by Gasteiger charge is 2.21. The van der Waals surface area contributed by atoms with E-state index in [0.717, 1.165) is 10.2 Å². The Bertz CT molecular complexity index is 281. The summed E-state index contributed by atoms with van der Waals surface area (Å²) in [6.45, 7) is 0.0628. The minimum absolute atomic E-state index is 0.0628. The molecule has 0 aromatic carbocycles. The molecule has 0 atom stereocenters. The highest BCUT2D eigenvalue weighted by atomic mass is 79.9. The number of nitrogens with zero attached hydrogens (tertiary/aromatic N) is 2. The monoisotopic (exact) mass is 230 g/mol. The molecule has 0 radical (unpaired) electrons. The Morgan fingerprint density at radius 1 is 1.67 bits per heavy atom. The largest absolute Gasteiger partial charge is 0.392 e. The van der Waals surface area contributed by atoms with Crippen molar-refractivity contribution in [3.05, 3.63) is 16.4 Å². The van der Waals surface area contributed by atoms with E-state index in [1.807, 2.05) is 10.9 Å². The van der Waals surface area contributed by atoms with Crippen molar-refractivity contribution in [1.82, 2.24) is 9.78 Å². The van der Waals surface area contributed by atoms with E-state index in [1.54, 1.807) is 0 Å². The second-order valence-corrected chi connectivity index (χ2v) is 3.92. The number of hydrogen-bond acceptors (Lipinski definition) is 2. The third-order valence-electron chi connectivity index (χ3n) is 2.38. The molecule has 4 heteroatoms. The molecule has 3 nitrogen and oxygen atoms in total. The fraction of sp³-hybridized carbons (Fsp3) is 0.625. The quantitative estimate of drug-likeness (QED) is 0.843. The van der Waals surface area contributed by atoms with Crippen LogP contribution in [-0.2, 0) is 6.61 Å². The molecule has 1 aliphatic rings. The highest BCUT2D eigenvalue weighted by Crippen LogP contribution is 2.32. The van der Waals surface area contributed by atoms with E-state index in [-0.39, 0.29) is 6.61 Å². The maximum Gasteiger partial charge on any atom is 0.133 e. The Labute approximate surface area is 79.5 Å². The van der Waals surface area contributed by atoms with Crippen LogP contribution < -0.4 is 0 Å². The third kappa shape index (κ3) is 1.29. The second kappa shape index (κ2) is 3.18. The molecular formula is C8H11BrN2O. The van der Waals surface area contributed by atoms with Crippen LogP contribution >= 0.6 is 15.9 Å². The Balaban J connectivity index is 2.21. The Kier molecular flexibility index (Phi) is 2.19. The first kappa shape index (κ1) is 8.26. The van der Waals surface area contributed by atoms with Gasteiger partial charge in [-0.2, -0.15) is 5.10 Å². The van der Waals surface area contributed by atoms with Gasteiger partial charge >= 0.3 is 0 Å². The van der Waals surface area contributed by atoms with Crippen molar-refractivity contribution in [3.63, 3.8) is 0 Å². The van der Waals surface area contributed by atoms with Crippen LogP contribution in [0.15, 0.2) is 10.8 Å². The van der Waals surface area contributed by atoms with Gasteiger partial charge in [-0.1, -0.05) is 0 Å². The van der Waals surface area contributed by atoms with Crippen molar-refractivity contribution >= 4 is 15.9 Å². The standard InChI is InChI=1S/C8H11BrN2O/c9-8-6(5-12)4-11(10-8)7-2-1-3-7/h4,7,12H,1-3,5H2. The molecule has 0 unspecified atom stereocenters. The summed E-state index contributed by atoms with van der Waals surface area (Å²) in [4.78, 5) is 0. The predicted octanol–water partition coefficient (Wildman–Crippen LogP) is 1.86. The first-order valence-corrected chi connectivity index (χ1v) is 4.95. The molecule has 0 spiro atoms. The molecule has 66 valence electrons. The number of aromatic nitrogens is 2. The van der Waals surface area contributed by atoms with Gasteiger partial charge in [-0.3, -0.25) is 4.68 Å². The molecule has 1 fully saturated rings. The third-order valence-corrected chi connectivity index (χ3v) is 3.04. The lowest BCUT2D eigenvalue weighted by Crippen LogP contribution is -2.17. The number of aliphatic hydroxyl groups excluding tert-OH is 1. The van der Waals surface area contributed by atoms with Gasteiger partial charge < -0.3 is 5.11 Å². The zero-order valence-electron chi connectivity index (χ0n) is 6.70. The number of halogens is 1. The minimum atomic E-state index is 0.0628. The SMILES string of the molecule is OCc1cn(C2CCC2)nc1Br. The average Bonchev–Trinajstić information content (AvgIpc) is 2.27. The fourth-order valence-electron chi connectivity index (χ4n) is 1.35. The average molecular weight is 231 g/mol. The van der Waals surface area contributed by atoms with Gasteiger partial charge in [0.15, 0.2) is 0 Å². The Morgan fingerprint density at radius 3 is 2.83 bits per heavy atom.